The van der Waals surface area contributed by atoms with Crippen molar-refractivity contribution in [3.05, 3.63) is 105 Å². The second kappa shape index (κ2) is 8.65. The van der Waals surface area contributed by atoms with Gasteiger partial charge in [-0.15, -0.1) is 0 Å². The van der Waals surface area contributed by atoms with E-state index < -0.39 is 11.3 Å². The number of nitrogens with one attached hydrogen (secondary N) is 1. The number of aromatic amines is 1. The Morgan fingerprint density at radius 3 is 2.50 bits per heavy atom. The summed E-state index contributed by atoms with van der Waals surface area (Å²) in [6.07, 6.45) is 4.56. The summed E-state index contributed by atoms with van der Waals surface area (Å²) in [5, 5.41) is 1.15. The number of ketones is 1. The Morgan fingerprint density at radius 2 is 1.81 bits per heavy atom. The van der Waals surface area contributed by atoms with E-state index in [4.69, 9.17) is 11.6 Å². The molecule has 0 bridgehead atoms. The maximum Gasteiger partial charge on any atom is 0.260 e. The summed E-state index contributed by atoms with van der Waals surface area (Å²) in [5.41, 5.74) is 2.41. The van der Waals surface area contributed by atoms with Crippen LogP contribution < -0.4 is 16.1 Å². The third-order valence-electron chi connectivity index (χ3n) is 5.15. The van der Waals surface area contributed by atoms with Crippen LogP contribution in [0, 0.1) is 0 Å². The highest BCUT2D eigenvalue weighted by atomic mass is 35.5. The molecule has 6 heteroatoms. The molecule has 0 atom stereocenters. The third kappa shape index (κ3) is 3.98. The van der Waals surface area contributed by atoms with Gasteiger partial charge in [0.2, 0.25) is 0 Å². The van der Waals surface area contributed by atoms with E-state index >= 15 is 0 Å². The number of fused-ring (bicyclic) bond motifs is 1. The van der Waals surface area contributed by atoms with E-state index in [-0.39, 0.29) is 10.6 Å². The molecule has 2 aromatic carbocycles. The number of carbonyl (C=O) groups excluding carboxylic acids is 1. The zero-order valence-electron chi connectivity index (χ0n) is 17.4. The van der Waals surface area contributed by atoms with E-state index in [9.17, 15) is 9.59 Å². The molecule has 4 aromatic rings. The molecule has 0 fully saturated rings. The van der Waals surface area contributed by atoms with Crippen LogP contribution in [0.2, 0.25) is 0 Å². The van der Waals surface area contributed by atoms with E-state index in [0.717, 1.165) is 11.0 Å². The molecular weight excluding hydrogens is 422 g/mol. The highest BCUT2D eigenvalue weighted by Gasteiger charge is 2.18. The van der Waals surface area contributed by atoms with Crippen molar-refractivity contribution in [2.75, 3.05) is 0 Å². The van der Waals surface area contributed by atoms with Crippen LogP contribution in [0.4, 0.5) is 0 Å². The SMILES string of the molecule is C=C(Cl)/C=c1/c(-c2ccccc2)c(C(=O)/C=C/c2nc3ccccc3n2C)c(=O)[nH]c1=C. The average Bonchev–Trinajstić information content (AvgIpc) is 3.10. The monoisotopic (exact) mass is 441 g/mol. The second-order valence-corrected chi connectivity index (χ2v) is 7.75. The first-order valence-corrected chi connectivity index (χ1v) is 10.3. The molecule has 0 amide bonds. The molecular formula is C26H20ClN3O2. The van der Waals surface area contributed by atoms with Crippen LogP contribution in [0.15, 0.2) is 77.1 Å². The topological polar surface area (TPSA) is 67.8 Å². The van der Waals surface area contributed by atoms with E-state index in [2.05, 4.69) is 23.1 Å². The van der Waals surface area contributed by atoms with Crippen molar-refractivity contribution in [2.24, 2.45) is 7.05 Å². The molecule has 0 aliphatic carbocycles. The van der Waals surface area contributed by atoms with Gasteiger partial charge in [0.25, 0.3) is 5.56 Å². The van der Waals surface area contributed by atoms with Crippen molar-refractivity contribution < 1.29 is 4.79 Å². The molecule has 0 aliphatic rings. The normalized spacial score (nSPS) is 12.0. The van der Waals surface area contributed by atoms with Gasteiger partial charge in [-0.3, -0.25) is 9.59 Å². The maximum atomic E-state index is 13.3. The summed E-state index contributed by atoms with van der Waals surface area (Å²) in [6.45, 7) is 7.63. The van der Waals surface area contributed by atoms with Crippen LogP contribution in [-0.2, 0) is 7.05 Å². The van der Waals surface area contributed by atoms with Gasteiger partial charge in [-0.2, -0.15) is 0 Å². The number of para-hydroxylation sites is 2. The molecule has 0 saturated heterocycles. The number of allylic oxidation sites excluding steroid dienone is 2. The van der Waals surface area contributed by atoms with Gasteiger partial charge in [0.15, 0.2) is 5.78 Å². The van der Waals surface area contributed by atoms with Gasteiger partial charge in [0, 0.05) is 28.2 Å². The summed E-state index contributed by atoms with van der Waals surface area (Å²) in [5.74, 6) is 0.152. The third-order valence-corrected chi connectivity index (χ3v) is 5.26. The number of carbonyl (C=O) groups is 1. The summed E-state index contributed by atoms with van der Waals surface area (Å²) in [4.78, 5) is 33.4. The minimum absolute atomic E-state index is 0.00257. The van der Waals surface area contributed by atoms with E-state index in [1.807, 2.05) is 66.2 Å². The molecule has 0 saturated carbocycles. The summed E-state index contributed by atoms with van der Waals surface area (Å²) < 4.78 is 1.89. The largest absolute Gasteiger partial charge is 0.328 e. The number of rotatable bonds is 5. The lowest BCUT2D eigenvalue weighted by molar-refractivity contribution is 0.104. The van der Waals surface area contributed by atoms with Crippen molar-refractivity contribution in [3.63, 3.8) is 0 Å². The fourth-order valence-electron chi connectivity index (χ4n) is 3.67. The minimum Gasteiger partial charge on any atom is -0.328 e. The van der Waals surface area contributed by atoms with E-state index in [1.54, 1.807) is 12.2 Å². The Balaban J connectivity index is 1.91. The predicted octanol–water partition coefficient (Wildman–Crippen LogP) is 3.77. The van der Waals surface area contributed by atoms with Gasteiger partial charge < -0.3 is 9.55 Å². The predicted molar refractivity (Wildman–Crippen MR) is 131 cm³/mol. The summed E-state index contributed by atoms with van der Waals surface area (Å²) in [7, 11) is 1.87. The average molecular weight is 442 g/mol. The Kier molecular flexibility index (Phi) is 5.75. The van der Waals surface area contributed by atoms with Crippen LogP contribution in [0.25, 0.3) is 40.9 Å². The van der Waals surface area contributed by atoms with E-state index in [0.29, 0.717) is 27.5 Å². The highest BCUT2D eigenvalue weighted by molar-refractivity contribution is 6.33. The number of hydrogen-bond acceptors (Lipinski definition) is 3. The standard InChI is InChI=1S/C26H20ClN3O2/c1-16(27)15-19-17(2)28-26(32)25(24(19)18-9-5-4-6-10-18)22(31)13-14-23-29-20-11-7-8-12-21(20)30(23)3/h4-15H,1-2H2,3H3,(H,28,32)/b14-13+,19-15+. The number of aromatic nitrogens is 3. The Hall–Kier alpha value is -3.96. The molecule has 5 nitrogen and oxygen atoms in total. The Morgan fingerprint density at radius 1 is 1.12 bits per heavy atom. The second-order valence-electron chi connectivity index (χ2n) is 7.27. The number of imidazole rings is 1. The van der Waals surface area contributed by atoms with Gasteiger partial charge in [0.05, 0.1) is 16.6 Å². The molecule has 0 aliphatic heterocycles. The number of nitrogens with zero attached hydrogens (tertiary/aromatic N) is 2. The molecule has 0 unspecified atom stereocenters. The number of H-pyrrole nitrogens is 1. The number of benzene rings is 2. The lowest BCUT2D eigenvalue weighted by Gasteiger charge is -2.09. The fourth-order valence-corrected chi connectivity index (χ4v) is 3.78. The molecule has 2 aromatic heterocycles. The van der Waals surface area contributed by atoms with Crippen molar-refractivity contribution >= 4 is 47.1 Å². The van der Waals surface area contributed by atoms with Gasteiger partial charge >= 0.3 is 0 Å². The molecule has 32 heavy (non-hydrogen) atoms. The zero-order chi connectivity index (χ0) is 22.8. The van der Waals surface area contributed by atoms with E-state index in [1.165, 1.54) is 6.08 Å². The lowest BCUT2D eigenvalue weighted by Crippen LogP contribution is -2.38. The number of aryl methyl sites for hydroxylation is 1. The first kappa shape index (κ1) is 21.3. The molecule has 0 spiro atoms. The number of hydrogen-bond donors (Lipinski definition) is 1. The van der Waals surface area contributed by atoms with Crippen molar-refractivity contribution in [2.45, 2.75) is 0 Å². The molecule has 4 rings (SSSR count). The lowest BCUT2D eigenvalue weighted by atomic mass is 9.95. The van der Waals surface area contributed by atoms with Crippen LogP contribution in [-0.4, -0.2) is 20.3 Å². The Bertz CT molecular complexity index is 1560. The quantitative estimate of drug-likeness (QED) is 0.378. The first-order chi connectivity index (χ1) is 15.4. The fraction of sp³-hybridized carbons (Fsp3) is 0.0385. The van der Waals surface area contributed by atoms with Crippen molar-refractivity contribution in [1.82, 2.24) is 14.5 Å². The van der Waals surface area contributed by atoms with Gasteiger partial charge in [-0.25, -0.2) is 4.98 Å². The summed E-state index contributed by atoms with van der Waals surface area (Å²) >= 11 is 6.03. The highest BCUT2D eigenvalue weighted by Crippen LogP contribution is 2.19. The van der Waals surface area contributed by atoms with Gasteiger partial charge in [-0.05, 0) is 35.9 Å². The molecule has 1 N–H and O–H groups in total. The minimum atomic E-state index is -0.522. The Labute approximate surface area is 189 Å². The first-order valence-electron chi connectivity index (χ1n) is 9.87. The number of pyridine rings is 1. The number of halogens is 1. The molecule has 158 valence electrons. The van der Waals surface area contributed by atoms with Crippen LogP contribution in [0.3, 0.4) is 0 Å². The maximum absolute atomic E-state index is 13.3. The van der Waals surface area contributed by atoms with Crippen LogP contribution in [0.5, 0.6) is 0 Å². The van der Waals surface area contributed by atoms with Crippen molar-refractivity contribution in [1.29, 1.82) is 0 Å². The van der Waals surface area contributed by atoms with Crippen LogP contribution in [0.1, 0.15) is 16.2 Å². The zero-order valence-corrected chi connectivity index (χ0v) is 18.2. The smallest absolute Gasteiger partial charge is 0.260 e. The molecule has 2 heterocycles. The molecule has 0 radical (unpaired) electrons. The van der Waals surface area contributed by atoms with Gasteiger partial charge in [0.1, 0.15) is 5.82 Å². The summed E-state index contributed by atoms with van der Waals surface area (Å²) in [6, 6.07) is 16.9. The van der Waals surface area contributed by atoms with Crippen LogP contribution >= 0.6 is 11.6 Å². The van der Waals surface area contributed by atoms with Crippen molar-refractivity contribution in [3.8, 4) is 11.1 Å². The van der Waals surface area contributed by atoms with Gasteiger partial charge in [-0.1, -0.05) is 67.2 Å².